The Morgan fingerprint density at radius 3 is 2.77 bits per heavy atom. The van der Waals surface area contributed by atoms with E-state index in [0.29, 0.717) is 17.7 Å². The Balaban J connectivity index is 1.31. The van der Waals surface area contributed by atoms with E-state index >= 15 is 0 Å². The molecule has 1 aromatic carbocycles. The third-order valence-electron chi connectivity index (χ3n) is 6.18. The smallest absolute Gasteiger partial charge is 0.270 e. The van der Waals surface area contributed by atoms with E-state index < -0.39 is 0 Å². The zero-order valence-corrected chi connectivity index (χ0v) is 17.8. The molecule has 2 amide bonds. The summed E-state index contributed by atoms with van der Waals surface area (Å²) in [6, 6.07) is 8.28. The van der Waals surface area contributed by atoms with Gasteiger partial charge in [-0.2, -0.15) is 5.10 Å². The molecule has 31 heavy (non-hydrogen) atoms. The number of hydrogen-bond acceptors (Lipinski definition) is 4. The van der Waals surface area contributed by atoms with E-state index in [2.05, 4.69) is 46.3 Å². The maximum atomic E-state index is 13.1. The van der Waals surface area contributed by atoms with Crippen LogP contribution < -0.4 is 5.32 Å². The zero-order valence-electron chi connectivity index (χ0n) is 17.8. The minimum Gasteiger partial charge on any atom is -0.347 e. The summed E-state index contributed by atoms with van der Waals surface area (Å²) < 4.78 is 3.66. The number of aromatic nitrogens is 4. The molecule has 8 heteroatoms. The van der Waals surface area contributed by atoms with Crippen molar-refractivity contribution < 1.29 is 9.59 Å². The van der Waals surface area contributed by atoms with Crippen molar-refractivity contribution in [2.45, 2.75) is 38.8 Å². The molecule has 0 radical (unpaired) electrons. The number of rotatable bonds is 4. The Morgan fingerprint density at radius 2 is 2.03 bits per heavy atom. The number of nitrogens with one attached hydrogen (secondary N) is 1. The van der Waals surface area contributed by atoms with Gasteiger partial charge in [0, 0.05) is 50.9 Å². The summed E-state index contributed by atoms with van der Waals surface area (Å²) in [4.78, 5) is 32.3. The van der Waals surface area contributed by atoms with Gasteiger partial charge in [-0.1, -0.05) is 23.8 Å². The highest BCUT2D eigenvalue weighted by molar-refractivity contribution is 6.06. The second-order valence-electron chi connectivity index (χ2n) is 8.44. The maximum absolute atomic E-state index is 13.1. The summed E-state index contributed by atoms with van der Waals surface area (Å²) in [6.45, 7) is 4.35. The molecule has 0 unspecified atom stereocenters. The van der Waals surface area contributed by atoms with Crippen LogP contribution in [0, 0.1) is 6.92 Å². The molecular weight excluding hydrogens is 392 g/mol. The van der Waals surface area contributed by atoms with E-state index in [1.807, 2.05) is 6.07 Å². The summed E-state index contributed by atoms with van der Waals surface area (Å²) in [6.07, 6.45) is 6.07. The lowest BCUT2D eigenvalue weighted by Gasteiger charge is -2.30. The van der Waals surface area contributed by atoms with Crippen molar-refractivity contribution in [1.29, 1.82) is 0 Å². The number of fused-ring (bicyclic) bond motifs is 1. The summed E-state index contributed by atoms with van der Waals surface area (Å²) >= 11 is 0. The number of carbonyl (C=O) groups excluding carboxylic acids is 2. The van der Waals surface area contributed by atoms with Gasteiger partial charge in [0.1, 0.15) is 11.5 Å². The number of likely N-dealkylation sites (tertiary alicyclic amines) is 1. The van der Waals surface area contributed by atoms with Crippen molar-refractivity contribution in [3.05, 3.63) is 59.3 Å². The Morgan fingerprint density at radius 1 is 1.19 bits per heavy atom. The van der Waals surface area contributed by atoms with E-state index in [1.54, 1.807) is 11.9 Å². The van der Waals surface area contributed by atoms with Crippen LogP contribution in [0.15, 0.2) is 36.7 Å². The largest absolute Gasteiger partial charge is 0.347 e. The lowest BCUT2D eigenvalue weighted by Crippen LogP contribution is -2.44. The maximum Gasteiger partial charge on any atom is 0.270 e. The molecular formula is C23H26N6O2. The van der Waals surface area contributed by atoms with Gasteiger partial charge >= 0.3 is 0 Å². The molecule has 8 nitrogen and oxygen atoms in total. The van der Waals surface area contributed by atoms with Gasteiger partial charge in [-0.05, 0) is 25.8 Å². The number of carbonyl (C=O) groups is 2. The summed E-state index contributed by atoms with van der Waals surface area (Å²) in [5.74, 6) is 0.592. The van der Waals surface area contributed by atoms with Crippen LogP contribution >= 0.6 is 0 Å². The molecule has 4 heterocycles. The fraction of sp³-hybridized carbons (Fsp3) is 0.391. The fourth-order valence-corrected chi connectivity index (χ4v) is 4.30. The van der Waals surface area contributed by atoms with Crippen LogP contribution in [0.4, 0.5) is 0 Å². The van der Waals surface area contributed by atoms with E-state index in [9.17, 15) is 9.59 Å². The zero-order chi connectivity index (χ0) is 21.5. The van der Waals surface area contributed by atoms with Gasteiger partial charge in [0.15, 0.2) is 0 Å². The first kappa shape index (κ1) is 19.5. The molecule has 0 bridgehead atoms. The molecule has 5 rings (SSSR count). The van der Waals surface area contributed by atoms with E-state index in [1.165, 1.54) is 16.4 Å². The SMILES string of the molecule is Cc1cccc(-c2cn3c(n2)C[C@H](NC(=O)c2c(C(=O)N4CCC4)cnn2C)CC3)c1. The van der Waals surface area contributed by atoms with Crippen LogP contribution in [-0.2, 0) is 20.0 Å². The van der Waals surface area contributed by atoms with Crippen LogP contribution in [0.1, 0.15) is 45.1 Å². The quantitative estimate of drug-likeness (QED) is 0.704. The van der Waals surface area contributed by atoms with Gasteiger partial charge in [-0.15, -0.1) is 0 Å². The van der Waals surface area contributed by atoms with Crippen molar-refractivity contribution in [2.75, 3.05) is 13.1 Å². The number of nitrogens with zero attached hydrogens (tertiary/aromatic N) is 5. The lowest BCUT2D eigenvalue weighted by atomic mass is 10.1. The molecule has 2 aliphatic heterocycles. The molecule has 1 fully saturated rings. The van der Waals surface area contributed by atoms with Crippen molar-refractivity contribution in [1.82, 2.24) is 29.5 Å². The first-order chi connectivity index (χ1) is 15.0. The molecule has 3 aromatic rings. The predicted molar refractivity (Wildman–Crippen MR) is 116 cm³/mol. The van der Waals surface area contributed by atoms with Gasteiger partial charge in [-0.3, -0.25) is 14.3 Å². The Kier molecular flexibility index (Phi) is 4.84. The average Bonchev–Trinajstić information content (AvgIpc) is 3.29. The number of imidazole rings is 1. The predicted octanol–water partition coefficient (Wildman–Crippen LogP) is 2.18. The van der Waals surface area contributed by atoms with E-state index in [0.717, 1.165) is 49.6 Å². The topological polar surface area (TPSA) is 85.1 Å². The molecule has 1 atom stereocenters. The second-order valence-corrected chi connectivity index (χ2v) is 8.44. The average molecular weight is 419 g/mol. The Bertz CT molecular complexity index is 1160. The molecule has 0 saturated carbocycles. The molecule has 1 N–H and O–H groups in total. The standard InChI is InChI=1S/C23H26N6O2/c1-15-5-3-6-16(11-15)19-14-29-10-7-17(12-20(29)26-19)25-22(30)21-18(13-24-27(21)2)23(31)28-8-4-9-28/h3,5-6,11,13-14,17H,4,7-10,12H2,1-2H3,(H,25,30)/t17-/m1/s1. The highest BCUT2D eigenvalue weighted by Gasteiger charge is 2.30. The molecule has 0 aliphatic carbocycles. The first-order valence-corrected chi connectivity index (χ1v) is 10.7. The van der Waals surface area contributed by atoms with E-state index in [-0.39, 0.29) is 17.9 Å². The Hall–Kier alpha value is -3.42. The minimum atomic E-state index is -0.257. The van der Waals surface area contributed by atoms with Crippen LogP contribution in [-0.4, -0.2) is 55.2 Å². The van der Waals surface area contributed by atoms with Gasteiger partial charge in [-0.25, -0.2) is 4.98 Å². The minimum absolute atomic E-state index is 0.0328. The molecule has 0 spiro atoms. The van der Waals surface area contributed by atoms with Gasteiger partial charge in [0.25, 0.3) is 11.8 Å². The highest BCUT2D eigenvalue weighted by Crippen LogP contribution is 2.24. The van der Waals surface area contributed by atoms with Crippen LogP contribution in [0.25, 0.3) is 11.3 Å². The van der Waals surface area contributed by atoms with Crippen molar-refractivity contribution in [3.63, 3.8) is 0 Å². The van der Waals surface area contributed by atoms with E-state index in [4.69, 9.17) is 4.98 Å². The molecule has 1 saturated heterocycles. The first-order valence-electron chi connectivity index (χ1n) is 10.7. The fourth-order valence-electron chi connectivity index (χ4n) is 4.30. The molecule has 2 aliphatic rings. The monoisotopic (exact) mass is 418 g/mol. The van der Waals surface area contributed by atoms with Gasteiger partial charge < -0.3 is 14.8 Å². The van der Waals surface area contributed by atoms with Crippen LogP contribution in [0.2, 0.25) is 0 Å². The van der Waals surface area contributed by atoms with Crippen molar-refractivity contribution in [3.8, 4) is 11.3 Å². The third kappa shape index (κ3) is 3.62. The second kappa shape index (κ2) is 7.68. The summed E-state index contributed by atoms with van der Waals surface area (Å²) in [7, 11) is 1.70. The van der Waals surface area contributed by atoms with Crippen LogP contribution in [0.3, 0.4) is 0 Å². The van der Waals surface area contributed by atoms with Crippen LogP contribution in [0.5, 0.6) is 0 Å². The number of benzene rings is 1. The van der Waals surface area contributed by atoms with Gasteiger partial charge in [0.05, 0.1) is 17.5 Å². The normalized spacial score (nSPS) is 17.7. The Labute approximate surface area is 180 Å². The molecule has 160 valence electrons. The summed E-state index contributed by atoms with van der Waals surface area (Å²) in [5, 5.41) is 7.27. The number of amides is 2. The summed E-state index contributed by atoms with van der Waals surface area (Å²) in [5.41, 5.74) is 3.96. The third-order valence-corrected chi connectivity index (χ3v) is 6.18. The van der Waals surface area contributed by atoms with Gasteiger partial charge in [0.2, 0.25) is 0 Å². The molecule has 2 aromatic heterocycles. The number of aryl methyl sites for hydroxylation is 3. The van der Waals surface area contributed by atoms with Crippen molar-refractivity contribution in [2.24, 2.45) is 7.05 Å². The number of hydrogen-bond donors (Lipinski definition) is 1. The highest BCUT2D eigenvalue weighted by atomic mass is 16.2. The lowest BCUT2D eigenvalue weighted by molar-refractivity contribution is 0.0646. The van der Waals surface area contributed by atoms with Crippen molar-refractivity contribution >= 4 is 11.8 Å².